The standard InChI is InChI=1S/C33H33NO13/c1-10-8-9-14-18-16(10)31(41)46-28-17-13(24(37)20(19(18)28)21(34)25(14)38)6-5-7-15(17)45-33-30(26(39)22(35)11(2)44-33)47-32-27(40)29(42-4)23(36)12(3)43-32/h5-9,11-12,22-23,26-27,29-30,32-37,39-40H,1-4H3/t11-,12-,22+,23+,26+,27-,29+,30-,32-,33+/m1/s1. The van der Waals surface area contributed by atoms with E-state index in [-0.39, 0.29) is 49.0 Å². The molecule has 3 heterocycles. The minimum atomic E-state index is -1.61. The molecule has 0 amide bonds. The van der Waals surface area contributed by atoms with E-state index in [1.807, 2.05) is 0 Å². The molecule has 4 aromatic carbocycles. The lowest BCUT2D eigenvalue weighted by Gasteiger charge is -2.46. The van der Waals surface area contributed by atoms with Gasteiger partial charge in [-0.1, -0.05) is 24.3 Å². The number of fused-ring (bicyclic) bond motifs is 2. The van der Waals surface area contributed by atoms with Gasteiger partial charge in [0.1, 0.15) is 47.4 Å². The summed E-state index contributed by atoms with van der Waals surface area (Å²) in [7, 11) is 1.30. The lowest BCUT2D eigenvalue weighted by molar-refractivity contribution is -0.353. The molecule has 0 aliphatic carbocycles. The smallest absolute Gasteiger partial charge is 0.344 e. The van der Waals surface area contributed by atoms with Crippen molar-refractivity contribution in [2.24, 2.45) is 0 Å². The molecule has 10 atom stereocenters. The third-order valence-electron chi connectivity index (χ3n) is 9.38. The van der Waals surface area contributed by atoms with Crippen LogP contribution in [-0.2, 0) is 18.9 Å². The molecule has 2 aliphatic rings. The predicted molar refractivity (Wildman–Crippen MR) is 165 cm³/mol. The first-order valence-corrected chi connectivity index (χ1v) is 15.0. The molecule has 0 radical (unpaired) electrons. The molecule has 0 saturated carbocycles. The Bertz CT molecular complexity index is 2190. The maximum absolute atomic E-state index is 13.4. The van der Waals surface area contributed by atoms with Gasteiger partial charge in [0.15, 0.2) is 18.0 Å². The van der Waals surface area contributed by atoms with Crippen molar-refractivity contribution in [1.82, 2.24) is 0 Å². The summed E-state index contributed by atoms with van der Waals surface area (Å²) in [5, 5.41) is 63.6. The SMILES string of the molecule is CO[C@H]1[C@@H](O)[C@@H](C)O[C@H](O[C@H]2[C@H](Oc3cccc4c(O)c5c(=N)c(=O)c6ccc(C)c7c(=O)oc(c34)c5c67)O[C@H](C)[C@H](O)[C@@H]2O)[C@@H]1O. The number of hydrogen-bond donors (Lipinski definition) is 6. The van der Waals surface area contributed by atoms with Crippen LogP contribution in [0.25, 0.3) is 43.3 Å². The second kappa shape index (κ2) is 11.3. The van der Waals surface area contributed by atoms with E-state index in [1.54, 1.807) is 19.9 Å². The molecule has 14 heteroatoms. The van der Waals surface area contributed by atoms with E-state index in [4.69, 9.17) is 33.5 Å². The van der Waals surface area contributed by atoms with Crippen LogP contribution in [0.15, 0.2) is 44.3 Å². The first-order valence-electron chi connectivity index (χ1n) is 15.0. The number of nitrogens with one attached hydrogen (secondary N) is 1. The summed E-state index contributed by atoms with van der Waals surface area (Å²) in [6.45, 7) is 4.74. The summed E-state index contributed by atoms with van der Waals surface area (Å²) in [5.74, 6) is -0.404. The fourth-order valence-corrected chi connectivity index (χ4v) is 6.86. The van der Waals surface area contributed by atoms with Gasteiger partial charge in [-0.15, -0.1) is 0 Å². The average molecular weight is 652 g/mol. The largest absolute Gasteiger partial charge is 0.507 e. The van der Waals surface area contributed by atoms with Crippen LogP contribution in [0, 0.1) is 12.3 Å². The van der Waals surface area contributed by atoms with Gasteiger partial charge < -0.3 is 53.6 Å². The van der Waals surface area contributed by atoms with E-state index < -0.39 is 83.6 Å². The van der Waals surface area contributed by atoms with Crippen molar-refractivity contribution < 1.29 is 53.6 Å². The molecule has 0 spiro atoms. The molecule has 0 unspecified atom stereocenters. The summed E-state index contributed by atoms with van der Waals surface area (Å²) in [4.78, 5) is 26.7. The number of aromatic hydroxyl groups is 1. The Kier molecular flexibility index (Phi) is 7.61. The molecular formula is C33H33NO13. The van der Waals surface area contributed by atoms with E-state index >= 15 is 0 Å². The zero-order valence-electron chi connectivity index (χ0n) is 25.7. The van der Waals surface area contributed by atoms with E-state index in [2.05, 4.69) is 0 Å². The molecule has 2 aliphatic heterocycles. The number of aryl methyl sites for hydroxylation is 1. The number of rotatable bonds is 5. The average Bonchev–Trinajstić information content (AvgIpc) is 3.04. The van der Waals surface area contributed by atoms with Gasteiger partial charge in [-0.05, 0) is 32.4 Å². The van der Waals surface area contributed by atoms with Crippen molar-refractivity contribution in [3.8, 4) is 11.5 Å². The Labute approximate surface area is 265 Å². The lowest BCUT2D eigenvalue weighted by Crippen LogP contribution is -2.64. The highest BCUT2D eigenvalue weighted by Gasteiger charge is 2.50. The van der Waals surface area contributed by atoms with Gasteiger partial charge >= 0.3 is 5.63 Å². The van der Waals surface area contributed by atoms with Crippen LogP contribution < -0.4 is 21.1 Å². The number of phenolic OH excluding ortho intramolecular Hbond substituents is 1. The monoisotopic (exact) mass is 651 g/mol. The van der Waals surface area contributed by atoms with Gasteiger partial charge in [0.05, 0.1) is 28.4 Å². The Morgan fingerprint density at radius 1 is 0.766 bits per heavy atom. The van der Waals surface area contributed by atoms with Crippen LogP contribution in [0.4, 0.5) is 0 Å². The molecule has 0 bridgehead atoms. The number of phenols is 1. The van der Waals surface area contributed by atoms with Crippen molar-refractivity contribution in [3.63, 3.8) is 0 Å². The van der Waals surface area contributed by atoms with Gasteiger partial charge in [0.2, 0.25) is 11.7 Å². The summed E-state index contributed by atoms with van der Waals surface area (Å²) in [6, 6.07) is 7.64. The van der Waals surface area contributed by atoms with Gasteiger partial charge in [-0.3, -0.25) is 10.2 Å². The van der Waals surface area contributed by atoms with Crippen LogP contribution in [0.3, 0.4) is 0 Å². The van der Waals surface area contributed by atoms with Crippen molar-refractivity contribution >= 4 is 43.3 Å². The molecule has 5 aromatic rings. The van der Waals surface area contributed by atoms with Crippen molar-refractivity contribution in [1.29, 1.82) is 5.41 Å². The van der Waals surface area contributed by atoms with Crippen LogP contribution in [0.1, 0.15) is 19.4 Å². The number of methoxy groups -OCH3 is 1. The lowest BCUT2D eigenvalue weighted by atomic mass is 9.92. The normalized spacial score (nSPS) is 31.7. The van der Waals surface area contributed by atoms with Crippen molar-refractivity contribution in [2.75, 3.05) is 7.11 Å². The number of hydrogen-bond acceptors (Lipinski definition) is 14. The van der Waals surface area contributed by atoms with Gasteiger partial charge in [-0.25, -0.2) is 4.79 Å². The number of ether oxygens (including phenoxy) is 5. The predicted octanol–water partition coefficient (Wildman–Crippen LogP) is 0.694. The molecular weight excluding hydrogens is 618 g/mol. The summed E-state index contributed by atoms with van der Waals surface area (Å²) >= 11 is 0. The van der Waals surface area contributed by atoms with Gasteiger partial charge in [0.25, 0.3) is 0 Å². The van der Waals surface area contributed by atoms with Crippen molar-refractivity contribution in [3.05, 3.63) is 61.9 Å². The third kappa shape index (κ3) is 4.59. The highest BCUT2D eigenvalue weighted by atomic mass is 16.8. The van der Waals surface area contributed by atoms with Crippen LogP contribution in [0.5, 0.6) is 11.5 Å². The van der Waals surface area contributed by atoms with Crippen LogP contribution in [0.2, 0.25) is 0 Å². The topological polar surface area (TPSA) is 218 Å². The Morgan fingerprint density at radius 2 is 1.47 bits per heavy atom. The Balaban J connectivity index is 1.40. The third-order valence-corrected chi connectivity index (χ3v) is 9.38. The highest BCUT2D eigenvalue weighted by molar-refractivity contribution is 6.29. The fourth-order valence-electron chi connectivity index (χ4n) is 6.86. The van der Waals surface area contributed by atoms with E-state index in [0.29, 0.717) is 5.56 Å². The molecule has 1 aromatic heterocycles. The van der Waals surface area contributed by atoms with Gasteiger partial charge in [-0.2, -0.15) is 0 Å². The quantitative estimate of drug-likeness (QED) is 0.0877. The highest BCUT2D eigenvalue weighted by Crippen LogP contribution is 2.45. The molecule has 248 valence electrons. The molecule has 6 N–H and O–H groups in total. The van der Waals surface area contributed by atoms with E-state index in [9.17, 15) is 35.1 Å². The van der Waals surface area contributed by atoms with Crippen molar-refractivity contribution in [2.45, 2.75) is 82.2 Å². The first kappa shape index (κ1) is 31.6. The van der Waals surface area contributed by atoms with Crippen LogP contribution in [-0.4, -0.2) is 94.1 Å². The minimum Gasteiger partial charge on any atom is -0.507 e. The molecule has 2 fully saturated rings. The molecule has 14 nitrogen and oxygen atoms in total. The second-order valence-corrected chi connectivity index (χ2v) is 12.2. The maximum Gasteiger partial charge on any atom is 0.344 e. The summed E-state index contributed by atoms with van der Waals surface area (Å²) in [6.07, 6.45) is -13.0. The first-order chi connectivity index (χ1) is 22.3. The van der Waals surface area contributed by atoms with Gasteiger partial charge in [0, 0.05) is 28.7 Å². The Hall–Kier alpha value is -3.99. The molecule has 2 saturated heterocycles. The summed E-state index contributed by atoms with van der Waals surface area (Å²) in [5.41, 5.74) is -0.907. The fraction of sp³-hybridized carbons (Fsp3) is 0.424. The van der Waals surface area contributed by atoms with E-state index in [1.165, 1.54) is 38.3 Å². The summed E-state index contributed by atoms with van der Waals surface area (Å²) < 4.78 is 35.0. The molecule has 47 heavy (non-hydrogen) atoms. The second-order valence-electron chi connectivity index (χ2n) is 12.2. The maximum atomic E-state index is 13.4. The minimum absolute atomic E-state index is 0.00235. The number of benzene rings is 4. The number of aliphatic hydroxyl groups excluding tert-OH is 4. The van der Waals surface area contributed by atoms with E-state index in [0.717, 1.165) is 0 Å². The zero-order valence-corrected chi connectivity index (χ0v) is 25.7. The Morgan fingerprint density at radius 3 is 2.19 bits per heavy atom. The zero-order chi connectivity index (χ0) is 33.6. The molecule has 7 rings (SSSR count). The number of aliphatic hydroxyl groups is 4. The van der Waals surface area contributed by atoms with Crippen LogP contribution >= 0.6 is 0 Å².